The van der Waals surface area contributed by atoms with Crippen LogP contribution in [0.5, 0.6) is 5.75 Å². The normalized spacial score (nSPS) is 13.9. The molecule has 1 N–H and O–H groups in total. The number of nitrogens with zero attached hydrogens (tertiary/aromatic N) is 3. The summed E-state index contributed by atoms with van der Waals surface area (Å²) >= 11 is 0. The summed E-state index contributed by atoms with van der Waals surface area (Å²) in [5.74, 6) is 1.27. The van der Waals surface area contributed by atoms with Gasteiger partial charge in [0.1, 0.15) is 11.6 Å². The third kappa shape index (κ3) is 4.16. The average molecular weight is 360 g/mol. The number of rotatable bonds is 5. The fraction of sp³-hybridized carbons (Fsp3) is 0.421. The third-order valence-corrected chi connectivity index (χ3v) is 4.45. The minimum absolute atomic E-state index is 0.208. The summed E-state index contributed by atoms with van der Waals surface area (Å²) in [6, 6.07) is 7.11. The number of hydrogen-bond acceptors (Lipinski definition) is 3. The SMILES string of the molecule is CN=C(NCCc1cc(F)cc2c1OCOC2)N(C)Cc1cccn1C. The standard InChI is InChI=1S/C19H25FN4O2/c1-21-19(24(3)11-17-5-4-8-23(17)2)22-7-6-14-9-16(20)10-15-12-25-13-26-18(14)15/h4-5,8-10H,6-7,11-13H2,1-3H3,(H,21,22). The molecule has 7 heteroatoms. The van der Waals surface area contributed by atoms with E-state index in [0.717, 1.165) is 29.4 Å². The number of nitrogens with one attached hydrogen (secondary N) is 1. The number of benzene rings is 1. The van der Waals surface area contributed by atoms with E-state index in [1.54, 1.807) is 7.05 Å². The highest BCUT2D eigenvalue weighted by molar-refractivity contribution is 5.79. The maximum absolute atomic E-state index is 13.8. The molecule has 1 aromatic heterocycles. The Morgan fingerprint density at radius 1 is 1.42 bits per heavy atom. The monoisotopic (exact) mass is 360 g/mol. The van der Waals surface area contributed by atoms with Gasteiger partial charge in [0.15, 0.2) is 12.8 Å². The quantitative estimate of drug-likeness (QED) is 0.657. The number of halogens is 1. The second kappa shape index (κ2) is 8.23. The van der Waals surface area contributed by atoms with Gasteiger partial charge in [-0.05, 0) is 36.2 Å². The number of aromatic nitrogens is 1. The van der Waals surface area contributed by atoms with E-state index in [2.05, 4.69) is 25.8 Å². The van der Waals surface area contributed by atoms with Crippen molar-refractivity contribution in [1.29, 1.82) is 0 Å². The Labute approximate surface area is 153 Å². The first-order valence-corrected chi connectivity index (χ1v) is 8.62. The van der Waals surface area contributed by atoms with Gasteiger partial charge in [0, 0.05) is 45.1 Å². The molecule has 0 aliphatic carbocycles. The number of guanidine groups is 1. The summed E-state index contributed by atoms with van der Waals surface area (Å²) in [6.07, 6.45) is 2.66. The number of fused-ring (bicyclic) bond motifs is 1. The van der Waals surface area contributed by atoms with Crippen LogP contribution in [0.15, 0.2) is 35.5 Å². The molecule has 140 valence electrons. The number of ether oxygens (including phenoxy) is 2. The number of hydrogen-bond donors (Lipinski definition) is 1. The van der Waals surface area contributed by atoms with Gasteiger partial charge >= 0.3 is 0 Å². The van der Waals surface area contributed by atoms with Crippen LogP contribution in [0.2, 0.25) is 0 Å². The van der Waals surface area contributed by atoms with Crippen molar-refractivity contribution < 1.29 is 13.9 Å². The highest BCUT2D eigenvalue weighted by atomic mass is 19.1. The van der Waals surface area contributed by atoms with Gasteiger partial charge in [-0.2, -0.15) is 0 Å². The maximum atomic E-state index is 13.8. The van der Waals surface area contributed by atoms with E-state index in [1.807, 2.05) is 26.4 Å². The zero-order valence-corrected chi connectivity index (χ0v) is 15.5. The molecule has 2 heterocycles. The first-order chi connectivity index (χ1) is 12.6. The van der Waals surface area contributed by atoms with Gasteiger partial charge in [0.2, 0.25) is 0 Å². The molecule has 0 saturated carbocycles. The molecule has 1 aromatic carbocycles. The van der Waals surface area contributed by atoms with Gasteiger partial charge in [-0.1, -0.05) is 0 Å². The Kier molecular flexibility index (Phi) is 5.78. The molecule has 1 aliphatic rings. The van der Waals surface area contributed by atoms with Crippen molar-refractivity contribution in [2.45, 2.75) is 19.6 Å². The van der Waals surface area contributed by atoms with Crippen LogP contribution in [0, 0.1) is 5.82 Å². The van der Waals surface area contributed by atoms with E-state index in [0.29, 0.717) is 19.6 Å². The molecule has 0 spiro atoms. The van der Waals surface area contributed by atoms with Crippen LogP contribution < -0.4 is 10.1 Å². The summed E-state index contributed by atoms with van der Waals surface area (Å²) in [6.45, 7) is 1.97. The molecule has 0 fully saturated rings. The molecular weight excluding hydrogens is 335 g/mol. The van der Waals surface area contributed by atoms with E-state index in [4.69, 9.17) is 9.47 Å². The largest absolute Gasteiger partial charge is 0.467 e. The molecule has 0 saturated heterocycles. The van der Waals surface area contributed by atoms with Crippen molar-refractivity contribution in [2.75, 3.05) is 27.4 Å². The number of aryl methyl sites for hydroxylation is 1. The van der Waals surface area contributed by atoms with Crippen LogP contribution in [0.3, 0.4) is 0 Å². The molecule has 26 heavy (non-hydrogen) atoms. The van der Waals surface area contributed by atoms with Gasteiger partial charge in [-0.25, -0.2) is 4.39 Å². The third-order valence-electron chi connectivity index (χ3n) is 4.45. The zero-order valence-electron chi connectivity index (χ0n) is 15.5. The zero-order chi connectivity index (χ0) is 18.5. The lowest BCUT2D eigenvalue weighted by Crippen LogP contribution is -2.39. The average Bonchev–Trinajstić information content (AvgIpc) is 3.03. The lowest BCUT2D eigenvalue weighted by Gasteiger charge is -2.23. The second-order valence-corrected chi connectivity index (χ2v) is 6.35. The van der Waals surface area contributed by atoms with Gasteiger partial charge in [-0.3, -0.25) is 4.99 Å². The Morgan fingerprint density at radius 2 is 2.27 bits per heavy atom. The van der Waals surface area contributed by atoms with Crippen LogP contribution in [0.4, 0.5) is 4.39 Å². The van der Waals surface area contributed by atoms with E-state index in [9.17, 15) is 4.39 Å². The fourth-order valence-corrected chi connectivity index (χ4v) is 3.11. The molecule has 6 nitrogen and oxygen atoms in total. The second-order valence-electron chi connectivity index (χ2n) is 6.35. The molecule has 0 atom stereocenters. The minimum Gasteiger partial charge on any atom is -0.467 e. The molecule has 2 aromatic rings. The Bertz CT molecular complexity index is 788. The highest BCUT2D eigenvalue weighted by Gasteiger charge is 2.17. The van der Waals surface area contributed by atoms with Crippen molar-refractivity contribution in [3.63, 3.8) is 0 Å². The molecular formula is C19H25FN4O2. The van der Waals surface area contributed by atoms with Crippen LogP contribution in [-0.2, 0) is 31.4 Å². The van der Waals surface area contributed by atoms with E-state index in [-0.39, 0.29) is 12.6 Å². The summed E-state index contributed by atoms with van der Waals surface area (Å²) < 4.78 is 26.7. The van der Waals surface area contributed by atoms with E-state index >= 15 is 0 Å². The lowest BCUT2D eigenvalue weighted by atomic mass is 10.1. The van der Waals surface area contributed by atoms with Crippen molar-refractivity contribution >= 4 is 5.96 Å². The lowest BCUT2D eigenvalue weighted by molar-refractivity contribution is -0.0172. The fourth-order valence-electron chi connectivity index (χ4n) is 3.11. The topological polar surface area (TPSA) is 51.0 Å². The summed E-state index contributed by atoms with van der Waals surface area (Å²) in [5, 5.41) is 3.33. The highest BCUT2D eigenvalue weighted by Crippen LogP contribution is 2.29. The predicted molar refractivity (Wildman–Crippen MR) is 98.6 cm³/mol. The predicted octanol–water partition coefficient (Wildman–Crippen LogP) is 2.28. The Hall–Kier alpha value is -2.54. The van der Waals surface area contributed by atoms with Gasteiger partial charge in [0.05, 0.1) is 13.2 Å². The van der Waals surface area contributed by atoms with Gasteiger partial charge in [-0.15, -0.1) is 0 Å². The van der Waals surface area contributed by atoms with E-state index in [1.165, 1.54) is 17.8 Å². The Morgan fingerprint density at radius 3 is 3.00 bits per heavy atom. The van der Waals surface area contributed by atoms with Crippen LogP contribution in [0.1, 0.15) is 16.8 Å². The summed E-state index contributed by atoms with van der Waals surface area (Å²) in [4.78, 5) is 6.39. The first kappa shape index (κ1) is 18.3. The van der Waals surface area contributed by atoms with Crippen molar-refractivity contribution in [1.82, 2.24) is 14.8 Å². The molecule has 3 rings (SSSR count). The Balaban J connectivity index is 1.60. The number of aliphatic imine (C=N–C) groups is 1. The van der Waals surface area contributed by atoms with Crippen molar-refractivity contribution in [2.24, 2.45) is 12.0 Å². The van der Waals surface area contributed by atoms with Crippen molar-refractivity contribution in [3.8, 4) is 5.75 Å². The van der Waals surface area contributed by atoms with Crippen molar-refractivity contribution in [3.05, 3.63) is 53.1 Å². The van der Waals surface area contributed by atoms with E-state index < -0.39 is 0 Å². The molecule has 1 aliphatic heterocycles. The van der Waals surface area contributed by atoms with Crippen LogP contribution in [0.25, 0.3) is 0 Å². The minimum atomic E-state index is -0.266. The molecule has 0 unspecified atom stereocenters. The molecule has 0 amide bonds. The first-order valence-electron chi connectivity index (χ1n) is 8.62. The van der Waals surface area contributed by atoms with Gasteiger partial charge < -0.3 is 24.3 Å². The molecule has 0 bridgehead atoms. The molecule has 0 radical (unpaired) electrons. The van der Waals surface area contributed by atoms with Crippen LogP contribution in [-0.4, -0.2) is 42.9 Å². The summed E-state index contributed by atoms with van der Waals surface area (Å²) in [7, 11) is 5.78. The maximum Gasteiger partial charge on any atom is 0.193 e. The smallest absolute Gasteiger partial charge is 0.193 e. The van der Waals surface area contributed by atoms with Crippen LogP contribution >= 0.6 is 0 Å². The van der Waals surface area contributed by atoms with Gasteiger partial charge in [0.25, 0.3) is 0 Å². The summed E-state index contributed by atoms with van der Waals surface area (Å²) in [5.41, 5.74) is 2.80.